The topological polar surface area (TPSA) is 0 Å². The van der Waals surface area contributed by atoms with Gasteiger partial charge < -0.3 is 0 Å². The van der Waals surface area contributed by atoms with Crippen molar-refractivity contribution in [3.05, 3.63) is 91.0 Å². The van der Waals surface area contributed by atoms with Crippen molar-refractivity contribution in [2.45, 2.75) is 0 Å². The molecule has 0 amide bonds. The first-order valence-corrected chi connectivity index (χ1v) is 17.0. The molecule has 3 aromatic rings. The van der Waals surface area contributed by atoms with E-state index in [1.54, 1.807) is 0 Å². The van der Waals surface area contributed by atoms with E-state index in [-0.39, 0.29) is 0 Å². The lowest BCUT2D eigenvalue weighted by Crippen LogP contribution is -2.28. The van der Waals surface area contributed by atoms with Crippen LogP contribution in [0.5, 0.6) is 0 Å². The molecule has 0 aromatic heterocycles. The number of hydrogen-bond acceptors (Lipinski definition) is 0. The van der Waals surface area contributed by atoms with Crippen molar-refractivity contribution in [1.82, 2.24) is 0 Å². The SMILES string of the molecule is ClP(Cl)C(P(Cl)Br)=P(c1ccccc1)(c1ccccc1)c1ccccc1. The zero-order chi connectivity index (χ0) is 18.6. The highest BCUT2D eigenvalue weighted by Crippen LogP contribution is 2.73. The van der Waals surface area contributed by atoms with Gasteiger partial charge in [-0.15, -0.1) is 0 Å². The van der Waals surface area contributed by atoms with Crippen LogP contribution in [-0.2, 0) is 0 Å². The predicted molar refractivity (Wildman–Crippen MR) is 130 cm³/mol. The summed E-state index contributed by atoms with van der Waals surface area (Å²) < 4.78 is 1.01. The third-order valence-corrected chi connectivity index (χ3v) is 19.0. The summed E-state index contributed by atoms with van der Waals surface area (Å²) in [5.74, 6) is -1.15. The van der Waals surface area contributed by atoms with E-state index in [4.69, 9.17) is 33.7 Å². The molecule has 0 heterocycles. The van der Waals surface area contributed by atoms with Crippen LogP contribution in [-0.4, -0.2) is 4.78 Å². The molecule has 0 aliphatic heterocycles. The van der Waals surface area contributed by atoms with Gasteiger partial charge in [-0.2, -0.15) is 0 Å². The Bertz CT molecular complexity index is 788. The summed E-state index contributed by atoms with van der Waals surface area (Å²) in [6.07, 6.45) is 0. The zero-order valence-electron chi connectivity index (χ0n) is 13.5. The van der Waals surface area contributed by atoms with Crippen LogP contribution in [0.1, 0.15) is 0 Å². The second-order valence-electron chi connectivity index (χ2n) is 5.44. The van der Waals surface area contributed by atoms with Gasteiger partial charge in [0.1, 0.15) is 6.63 Å². The first-order valence-electron chi connectivity index (χ1n) is 7.75. The number of halogens is 4. The molecule has 0 saturated carbocycles. The first kappa shape index (κ1) is 20.9. The number of rotatable bonds is 5. The smallest absolute Gasteiger partial charge is 0.0780 e. The highest BCUT2D eigenvalue weighted by atomic mass is 79.9. The second kappa shape index (κ2) is 9.58. The van der Waals surface area contributed by atoms with Crippen molar-refractivity contribution in [2.24, 2.45) is 0 Å². The Kier molecular flexibility index (Phi) is 7.70. The van der Waals surface area contributed by atoms with Crippen LogP contribution in [0.4, 0.5) is 0 Å². The molecule has 1 atom stereocenters. The minimum Gasteiger partial charge on any atom is -0.0780 e. The van der Waals surface area contributed by atoms with Gasteiger partial charge >= 0.3 is 0 Å². The third-order valence-electron chi connectivity index (χ3n) is 4.03. The van der Waals surface area contributed by atoms with E-state index in [1.807, 2.05) is 18.2 Å². The quantitative estimate of drug-likeness (QED) is 0.300. The van der Waals surface area contributed by atoms with E-state index in [9.17, 15) is 0 Å². The van der Waals surface area contributed by atoms with Gasteiger partial charge in [-0.05, 0) is 38.3 Å². The van der Waals surface area contributed by atoms with Gasteiger partial charge in [0.05, 0.1) is 5.98 Å². The summed E-state index contributed by atoms with van der Waals surface area (Å²) in [5.41, 5.74) is 0. The Labute approximate surface area is 179 Å². The van der Waals surface area contributed by atoms with Crippen molar-refractivity contribution >= 4 is 89.4 Å². The number of hydrogen-bond donors (Lipinski definition) is 0. The molecule has 0 saturated heterocycles. The van der Waals surface area contributed by atoms with E-state index in [0.29, 0.717) is 0 Å². The van der Waals surface area contributed by atoms with Gasteiger partial charge in [-0.1, -0.05) is 125 Å². The molecule has 1 unspecified atom stereocenters. The molecule has 3 rings (SSSR count). The molecule has 0 fully saturated rings. The maximum atomic E-state index is 6.69. The first-order chi connectivity index (χ1) is 12.6. The third kappa shape index (κ3) is 4.11. The maximum absolute atomic E-state index is 6.69. The minimum absolute atomic E-state index is 1.01. The highest BCUT2D eigenvalue weighted by Gasteiger charge is 2.35. The van der Waals surface area contributed by atoms with E-state index < -0.39 is 19.5 Å². The molecule has 26 heavy (non-hydrogen) atoms. The second-order valence-corrected chi connectivity index (χ2v) is 18.6. The summed E-state index contributed by atoms with van der Waals surface area (Å²) in [4.78, 5) is 0. The Balaban J connectivity index is 2.59. The fourth-order valence-corrected chi connectivity index (χ4v) is 21.8. The van der Waals surface area contributed by atoms with Crippen LogP contribution in [0.2, 0.25) is 0 Å². The normalized spacial score (nSPS) is 12.8. The largest absolute Gasteiger partial charge is 0.120 e. The predicted octanol–water partition coefficient (Wildman–Crippen LogP) is 7.80. The van der Waals surface area contributed by atoms with Crippen LogP contribution >= 0.6 is 68.7 Å². The van der Waals surface area contributed by atoms with Gasteiger partial charge in [0.2, 0.25) is 0 Å². The average molecular weight is 523 g/mol. The van der Waals surface area contributed by atoms with Gasteiger partial charge in [0, 0.05) is 4.78 Å². The van der Waals surface area contributed by atoms with Gasteiger partial charge in [0.25, 0.3) is 0 Å². The highest BCUT2D eigenvalue weighted by molar-refractivity contribution is 9.44. The average Bonchev–Trinajstić information content (AvgIpc) is 2.67. The molecule has 0 aliphatic rings. The summed E-state index contributed by atoms with van der Waals surface area (Å²) in [6.45, 7) is -3.65. The Hall–Kier alpha value is 0.170. The van der Waals surface area contributed by atoms with E-state index in [2.05, 4.69) is 88.3 Å². The zero-order valence-corrected chi connectivity index (χ0v) is 20.1. The fourth-order valence-electron chi connectivity index (χ4n) is 3.03. The monoisotopic (exact) mass is 520 g/mol. The molecular weight excluding hydrogens is 507 g/mol. The summed E-state index contributed by atoms with van der Waals surface area (Å²) >= 11 is 23.5. The molecule has 0 spiro atoms. The summed E-state index contributed by atoms with van der Waals surface area (Å²) in [6, 6.07) is 31.4. The molecule has 3 aromatic carbocycles. The molecule has 0 aliphatic carbocycles. The van der Waals surface area contributed by atoms with Crippen LogP contribution in [0.15, 0.2) is 91.0 Å². The van der Waals surface area contributed by atoms with Crippen molar-refractivity contribution in [3.63, 3.8) is 0 Å². The Morgan fingerprint density at radius 3 is 1.15 bits per heavy atom. The lowest BCUT2D eigenvalue weighted by Gasteiger charge is -2.33. The van der Waals surface area contributed by atoms with E-state index in [0.717, 1.165) is 4.78 Å². The summed E-state index contributed by atoms with van der Waals surface area (Å²) in [7, 11) is 0. The maximum Gasteiger partial charge on any atom is 0.120 e. The molecule has 0 bridgehead atoms. The molecular formula is C19H15BrCl3P3. The van der Waals surface area contributed by atoms with Crippen molar-refractivity contribution in [1.29, 1.82) is 0 Å². The molecule has 0 N–H and O–H groups in total. The summed E-state index contributed by atoms with van der Waals surface area (Å²) in [5, 5.41) is 3.61. The molecule has 134 valence electrons. The fraction of sp³-hybridized carbons (Fsp3) is 0. The van der Waals surface area contributed by atoms with Gasteiger partial charge in [-0.3, -0.25) is 0 Å². The lowest BCUT2D eigenvalue weighted by atomic mass is 10.4. The molecule has 7 heteroatoms. The lowest BCUT2D eigenvalue weighted by molar-refractivity contribution is 1.73. The van der Waals surface area contributed by atoms with Crippen LogP contribution in [0, 0.1) is 0 Å². The van der Waals surface area contributed by atoms with Crippen molar-refractivity contribution < 1.29 is 0 Å². The van der Waals surface area contributed by atoms with Crippen LogP contribution < -0.4 is 15.9 Å². The van der Waals surface area contributed by atoms with Gasteiger partial charge in [0.15, 0.2) is 0 Å². The van der Waals surface area contributed by atoms with Crippen LogP contribution in [0.25, 0.3) is 0 Å². The van der Waals surface area contributed by atoms with E-state index >= 15 is 0 Å². The van der Waals surface area contributed by atoms with E-state index in [1.165, 1.54) is 15.9 Å². The molecule has 0 radical (unpaired) electrons. The molecule has 0 nitrogen and oxygen atoms in total. The van der Waals surface area contributed by atoms with Crippen molar-refractivity contribution in [2.75, 3.05) is 0 Å². The van der Waals surface area contributed by atoms with Crippen LogP contribution in [0.3, 0.4) is 0 Å². The Morgan fingerprint density at radius 1 is 0.615 bits per heavy atom. The minimum atomic E-state index is -2.24. The van der Waals surface area contributed by atoms with Crippen molar-refractivity contribution in [3.8, 4) is 0 Å². The Morgan fingerprint density at radius 2 is 0.923 bits per heavy atom. The number of benzene rings is 3. The van der Waals surface area contributed by atoms with Gasteiger partial charge in [-0.25, -0.2) is 0 Å². The standard InChI is InChI=1S/C19H15BrCl3P3/c20-24(21)19(25(22)23)26(16-10-4-1-5-11-16,17-12-6-2-7-13-17)18-14-8-3-9-15-18/h1-15H.